The number of anilines is 1. The third-order valence-electron chi connectivity index (χ3n) is 4.65. The van der Waals surface area contributed by atoms with Gasteiger partial charge in [-0.15, -0.1) is 0 Å². The van der Waals surface area contributed by atoms with Gasteiger partial charge in [0.25, 0.3) is 5.91 Å². The van der Waals surface area contributed by atoms with Crippen molar-refractivity contribution in [1.29, 1.82) is 0 Å². The average molecular weight is 439 g/mol. The molecule has 3 aromatic carbocycles. The molecule has 0 bridgehead atoms. The third-order valence-corrected chi connectivity index (χ3v) is 4.90. The van der Waals surface area contributed by atoms with Gasteiger partial charge < -0.3 is 9.84 Å². The molecule has 2 N–H and O–H groups in total. The van der Waals surface area contributed by atoms with Crippen LogP contribution in [0, 0.1) is 0 Å². The number of ketones is 1. The van der Waals surface area contributed by atoms with Crippen LogP contribution in [0.4, 0.5) is 5.69 Å². The maximum Gasteiger partial charge on any atom is 0.284 e. The van der Waals surface area contributed by atoms with E-state index in [1.54, 1.807) is 81.6 Å². The molecule has 0 radical (unpaired) electrons. The van der Waals surface area contributed by atoms with Gasteiger partial charge in [0.2, 0.25) is 0 Å². The van der Waals surface area contributed by atoms with E-state index in [0.29, 0.717) is 27.6 Å². The van der Waals surface area contributed by atoms with Crippen LogP contribution in [-0.4, -0.2) is 29.4 Å². The van der Waals surface area contributed by atoms with E-state index in [-0.39, 0.29) is 17.4 Å². The summed E-state index contributed by atoms with van der Waals surface area (Å²) in [6, 6.07) is 19.5. The normalized spacial score (nSPS) is 11.1. The van der Waals surface area contributed by atoms with Crippen molar-refractivity contribution in [3.8, 4) is 11.5 Å². The fraction of sp³-hybridized carbons (Fsp3) is 0.167. The Balaban J connectivity index is 1.74. The number of carbonyl (C=O) groups is 2. The highest BCUT2D eigenvalue weighted by Gasteiger charge is 2.35. The van der Waals surface area contributed by atoms with Crippen LogP contribution in [-0.2, 0) is 4.79 Å². The van der Waals surface area contributed by atoms with Crippen LogP contribution in [0.3, 0.4) is 0 Å². The van der Waals surface area contributed by atoms with Gasteiger partial charge in [0.15, 0.2) is 11.4 Å². The fourth-order valence-corrected chi connectivity index (χ4v) is 3.13. The molecule has 0 heterocycles. The standard InChI is InChI=1S/C24H23ClN2O4/c1-24(2,23(30)27(26-3)19-10-12-20(28)13-11-19)31-21-14-6-17(7-15-21)22(29)16-4-8-18(25)9-5-16/h4-15,26,28H,1-3H3. The molecule has 1 amide bonds. The molecule has 3 aromatic rings. The van der Waals surface area contributed by atoms with E-state index in [0.717, 1.165) is 0 Å². The lowest BCUT2D eigenvalue weighted by Crippen LogP contribution is -2.53. The summed E-state index contributed by atoms with van der Waals surface area (Å²) in [6.07, 6.45) is 0. The number of nitrogens with zero attached hydrogens (tertiary/aromatic N) is 1. The van der Waals surface area contributed by atoms with E-state index in [4.69, 9.17) is 16.3 Å². The Morgan fingerprint density at radius 3 is 1.94 bits per heavy atom. The molecule has 31 heavy (non-hydrogen) atoms. The predicted molar refractivity (Wildman–Crippen MR) is 121 cm³/mol. The highest BCUT2D eigenvalue weighted by atomic mass is 35.5. The summed E-state index contributed by atoms with van der Waals surface area (Å²) in [4.78, 5) is 25.7. The number of rotatable bonds is 7. The second-order valence-corrected chi connectivity index (χ2v) is 7.79. The van der Waals surface area contributed by atoms with Crippen molar-refractivity contribution in [2.75, 3.05) is 12.1 Å². The molecule has 0 spiro atoms. The lowest BCUT2D eigenvalue weighted by molar-refractivity contribution is -0.132. The smallest absolute Gasteiger partial charge is 0.284 e. The van der Waals surface area contributed by atoms with E-state index in [9.17, 15) is 14.7 Å². The highest BCUT2D eigenvalue weighted by molar-refractivity contribution is 6.30. The van der Waals surface area contributed by atoms with E-state index >= 15 is 0 Å². The number of phenolic OH excluding ortho intramolecular Hbond substituents is 1. The maximum absolute atomic E-state index is 13.1. The topological polar surface area (TPSA) is 78.9 Å². The Bertz CT molecular complexity index is 1060. The van der Waals surface area contributed by atoms with Crippen LogP contribution in [0.25, 0.3) is 0 Å². The lowest BCUT2D eigenvalue weighted by atomic mass is 10.0. The average Bonchev–Trinajstić information content (AvgIpc) is 2.76. The first-order valence-electron chi connectivity index (χ1n) is 9.61. The Kier molecular flexibility index (Phi) is 6.63. The first-order valence-corrected chi connectivity index (χ1v) is 9.99. The van der Waals surface area contributed by atoms with Crippen LogP contribution in [0.15, 0.2) is 72.8 Å². The molecular formula is C24H23ClN2O4. The van der Waals surface area contributed by atoms with Crippen LogP contribution in [0.5, 0.6) is 11.5 Å². The van der Waals surface area contributed by atoms with E-state index in [1.165, 1.54) is 17.1 Å². The molecule has 6 nitrogen and oxygen atoms in total. The van der Waals surface area contributed by atoms with Gasteiger partial charge in [0.1, 0.15) is 11.5 Å². The predicted octanol–water partition coefficient (Wildman–Crippen LogP) is 4.60. The van der Waals surface area contributed by atoms with Gasteiger partial charge in [0, 0.05) is 23.2 Å². The number of hydrogen-bond donors (Lipinski definition) is 2. The molecule has 0 aliphatic heterocycles. The molecule has 0 aliphatic rings. The maximum atomic E-state index is 13.1. The van der Waals surface area contributed by atoms with Crippen molar-refractivity contribution in [2.24, 2.45) is 0 Å². The highest BCUT2D eigenvalue weighted by Crippen LogP contribution is 2.25. The van der Waals surface area contributed by atoms with Crippen molar-refractivity contribution < 1.29 is 19.4 Å². The van der Waals surface area contributed by atoms with Gasteiger partial charge in [0.05, 0.1) is 5.69 Å². The molecule has 160 valence electrons. The summed E-state index contributed by atoms with van der Waals surface area (Å²) in [7, 11) is 1.62. The first kappa shape index (κ1) is 22.3. The Hall–Kier alpha value is -3.35. The van der Waals surface area contributed by atoms with Gasteiger partial charge in [-0.2, -0.15) is 0 Å². The molecule has 0 saturated heterocycles. The first-order chi connectivity index (χ1) is 14.7. The third kappa shape index (κ3) is 5.23. The zero-order valence-electron chi connectivity index (χ0n) is 17.4. The van der Waals surface area contributed by atoms with Gasteiger partial charge in [-0.05, 0) is 86.6 Å². The van der Waals surface area contributed by atoms with Gasteiger partial charge >= 0.3 is 0 Å². The minimum atomic E-state index is -1.21. The van der Waals surface area contributed by atoms with Gasteiger partial charge in [-0.1, -0.05) is 11.6 Å². The van der Waals surface area contributed by atoms with Crippen LogP contribution in [0.2, 0.25) is 5.02 Å². The summed E-state index contributed by atoms with van der Waals surface area (Å²) in [5.74, 6) is 0.0954. The SMILES string of the molecule is CNN(C(=O)C(C)(C)Oc1ccc(C(=O)c2ccc(Cl)cc2)cc1)c1ccc(O)cc1. The number of hydrazine groups is 1. The summed E-state index contributed by atoms with van der Waals surface area (Å²) >= 11 is 5.87. The number of carbonyl (C=O) groups excluding carboxylic acids is 2. The molecule has 0 atom stereocenters. The second kappa shape index (κ2) is 9.20. The number of amides is 1. The number of hydrogen-bond acceptors (Lipinski definition) is 5. The molecule has 0 saturated carbocycles. The van der Waals surface area contributed by atoms with Crippen LogP contribution >= 0.6 is 11.6 Å². The quantitative estimate of drug-likeness (QED) is 0.416. The minimum absolute atomic E-state index is 0.107. The summed E-state index contributed by atoms with van der Waals surface area (Å²) in [5.41, 5.74) is 3.23. The van der Waals surface area contributed by atoms with Crippen LogP contribution in [0.1, 0.15) is 29.8 Å². The monoisotopic (exact) mass is 438 g/mol. The summed E-state index contributed by atoms with van der Waals surface area (Å²) in [5, 5.41) is 11.4. The lowest BCUT2D eigenvalue weighted by Gasteiger charge is -2.31. The molecule has 7 heteroatoms. The van der Waals surface area contributed by atoms with Crippen molar-refractivity contribution in [3.63, 3.8) is 0 Å². The number of ether oxygens (including phenoxy) is 1. The van der Waals surface area contributed by atoms with Crippen molar-refractivity contribution in [3.05, 3.63) is 88.9 Å². The summed E-state index contributed by atoms with van der Waals surface area (Å²) < 4.78 is 5.94. The summed E-state index contributed by atoms with van der Waals surface area (Å²) in [6.45, 7) is 3.32. The van der Waals surface area contributed by atoms with Gasteiger partial charge in [-0.3, -0.25) is 9.59 Å². The van der Waals surface area contributed by atoms with Crippen molar-refractivity contribution in [2.45, 2.75) is 19.4 Å². The number of phenols is 1. The molecule has 0 aromatic heterocycles. The number of halogens is 1. The Labute approximate surface area is 186 Å². The minimum Gasteiger partial charge on any atom is -0.508 e. The largest absolute Gasteiger partial charge is 0.508 e. The van der Waals surface area contributed by atoms with E-state index in [1.807, 2.05) is 0 Å². The fourth-order valence-electron chi connectivity index (χ4n) is 3.00. The zero-order valence-corrected chi connectivity index (χ0v) is 18.2. The van der Waals surface area contributed by atoms with Crippen molar-refractivity contribution in [1.82, 2.24) is 5.43 Å². The molecule has 3 rings (SSSR count). The number of benzene rings is 3. The second-order valence-electron chi connectivity index (χ2n) is 7.35. The zero-order chi connectivity index (χ0) is 22.6. The van der Waals surface area contributed by atoms with Crippen LogP contribution < -0.4 is 15.2 Å². The van der Waals surface area contributed by atoms with E-state index in [2.05, 4.69) is 5.43 Å². The van der Waals surface area contributed by atoms with Crippen molar-refractivity contribution >= 4 is 29.0 Å². The number of aromatic hydroxyl groups is 1. The Morgan fingerprint density at radius 2 is 1.42 bits per heavy atom. The molecule has 0 unspecified atom stereocenters. The Morgan fingerprint density at radius 1 is 0.903 bits per heavy atom. The van der Waals surface area contributed by atoms with E-state index < -0.39 is 5.60 Å². The van der Waals surface area contributed by atoms with Gasteiger partial charge in [-0.25, -0.2) is 10.4 Å². The molecule has 0 fully saturated rings. The number of nitrogens with one attached hydrogen (secondary N) is 1. The molecule has 0 aliphatic carbocycles. The molecular weight excluding hydrogens is 416 g/mol.